The molecule has 2 aliphatic rings. The lowest BCUT2D eigenvalue weighted by molar-refractivity contribution is 0.0975. The number of hydrogen-bond acceptors (Lipinski definition) is 2. The van der Waals surface area contributed by atoms with Crippen LogP contribution in [0, 0.1) is 5.82 Å². The number of likely N-dealkylation sites (tertiary alicyclic amines) is 1. The number of halogens is 4. The van der Waals surface area contributed by atoms with Crippen LogP contribution in [0.25, 0.3) is 0 Å². The Morgan fingerprint density at radius 1 is 0.909 bits per heavy atom. The standard InChI is InChI=1S/C26H22Cl3FN2O/c27-21-4-2-1-3-19(21)25(33)32-16-26(20-14-18(30)6-8-24(20)32)9-11-31(12-10-26)15-17-5-7-22(28)23(29)13-17/h1-8,13-14H,9-12,15-16H2. The molecule has 3 aromatic carbocycles. The molecule has 1 spiro atoms. The Balaban J connectivity index is 1.39. The minimum absolute atomic E-state index is 0.149. The number of benzene rings is 3. The number of rotatable bonds is 3. The second kappa shape index (κ2) is 8.92. The number of carbonyl (C=O) groups excluding carboxylic acids is 1. The molecule has 0 saturated carbocycles. The molecule has 5 rings (SSSR count). The fourth-order valence-electron chi connectivity index (χ4n) is 5.07. The predicted molar refractivity (Wildman–Crippen MR) is 132 cm³/mol. The molecule has 2 aliphatic heterocycles. The maximum Gasteiger partial charge on any atom is 0.259 e. The molecule has 0 aliphatic carbocycles. The highest BCUT2D eigenvalue weighted by Crippen LogP contribution is 2.48. The van der Waals surface area contributed by atoms with Gasteiger partial charge in [-0.2, -0.15) is 0 Å². The Labute approximate surface area is 207 Å². The monoisotopic (exact) mass is 502 g/mol. The minimum Gasteiger partial charge on any atom is -0.307 e. The SMILES string of the molecule is O=C(c1ccccc1Cl)N1CC2(CCN(Cc3ccc(Cl)c(Cl)c3)CC2)c2cc(F)ccc21. The average Bonchev–Trinajstić information content (AvgIpc) is 3.11. The molecular weight excluding hydrogens is 482 g/mol. The van der Waals surface area contributed by atoms with E-state index in [1.54, 1.807) is 41.3 Å². The fraction of sp³-hybridized carbons (Fsp3) is 0.269. The van der Waals surface area contributed by atoms with Crippen LogP contribution in [-0.4, -0.2) is 30.4 Å². The van der Waals surface area contributed by atoms with E-state index in [-0.39, 0.29) is 17.1 Å². The molecule has 0 N–H and O–H groups in total. The van der Waals surface area contributed by atoms with Crippen molar-refractivity contribution >= 4 is 46.4 Å². The summed E-state index contributed by atoms with van der Waals surface area (Å²) >= 11 is 18.5. The third-order valence-corrected chi connectivity index (χ3v) is 7.90. The summed E-state index contributed by atoms with van der Waals surface area (Å²) in [5.74, 6) is -0.429. The molecule has 0 unspecified atom stereocenters. The van der Waals surface area contributed by atoms with E-state index in [1.807, 2.05) is 18.2 Å². The van der Waals surface area contributed by atoms with E-state index in [4.69, 9.17) is 34.8 Å². The zero-order valence-corrected chi connectivity index (χ0v) is 20.1. The first-order valence-corrected chi connectivity index (χ1v) is 12.0. The van der Waals surface area contributed by atoms with Crippen molar-refractivity contribution in [3.63, 3.8) is 0 Å². The number of amides is 1. The van der Waals surface area contributed by atoms with Crippen molar-refractivity contribution in [1.82, 2.24) is 4.90 Å². The highest BCUT2D eigenvalue weighted by Gasteiger charge is 2.46. The van der Waals surface area contributed by atoms with Gasteiger partial charge in [-0.25, -0.2) is 4.39 Å². The van der Waals surface area contributed by atoms with Crippen molar-refractivity contribution in [3.05, 3.63) is 98.2 Å². The van der Waals surface area contributed by atoms with Gasteiger partial charge in [0.15, 0.2) is 0 Å². The predicted octanol–water partition coefficient (Wildman–Crippen LogP) is 6.98. The van der Waals surface area contributed by atoms with Gasteiger partial charge in [0.1, 0.15) is 5.82 Å². The summed E-state index contributed by atoms with van der Waals surface area (Å²) in [5.41, 5.74) is 2.98. The van der Waals surface area contributed by atoms with Crippen molar-refractivity contribution in [2.75, 3.05) is 24.5 Å². The van der Waals surface area contributed by atoms with Gasteiger partial charge in [-0.05, 0) is 79.5 Å². The normalized spacial score (nSPS) is 17.4. The smallest absolute Gasteiger partial charge is 0.259 e. The molecule has 0 radical (unpaired) electrons. The van der Waals surface area contributed by atoms with E-state index >= 15 is 0 Å². The van der Waals surface area contributed by atoms with Crippen molar-refractivity contribution in [2.24, 2.45) is 0 Å². The van der Waals surface area contributed by atoms with E-state index in [0.717, 1.165) is 49.3 Å². The summed E-state index contributed by atoms with van der Waals surface area (Å²) in [7, 11) is 0. The van der Waals surface area contributed by atoms with Crippen LogP contribution >= 0.6 is 34.8 Å². The van der Waals surface area contributed by atoms with Crippen LogP contribution in [0.3, 0.4) is 0 Å². The number of fused-ring (bicyclic) bond motifs is 2. The first kappa shape index (κ1) is 22.7. The number of nitrogens with zero attached hydrogens (tertiary/aromatic N) is 2. The van der Waals surface area contributed by atoms with Crippen LogP contribution in [0.5, 0.6) is 0 Å². The first-order valence-electron chi connectivity index (χ1n) is 10.9. The maximum absolute atomic E-state index is 14.3. The summed E-state index contributed by atoms with van der Waals surface area (Å²) in [5, 5.41) is 1.52. The molecular formula is C26H22Cl3FN2O. The van der Waals surface area contributed by atoms with Gasteiger partial charge in [-0.1, -0.05) is 53.0 Å². The van der Waals surface area contributed by atoms with E-state index in [1.165, 1.54) is 6.07 Å². The zero-order chi connectivity index (χ0) is 23.2. The highest BCUT2D eigenvalue weighted by atomic mass is 35.5. The number of hydrogen-bond donors (Lipinski definition) is 0. The Morgan fingerprint density at radius 3 is 2.39 bits per heavy atom. The lowest BCUT2D eigenvalue weighted by atomic mass is 9.74. The van der Waals surface area contributed by atoms with Gasteiger partial charge < -0.3 is 4.90 Å². The molecule has 7 heteroatoms. The zero-order valence-electron chi connectivity index (χ0n) is 17.8. The summed E-state index contributed by atoms with van der Waals surface area (Å²) in [6.07, 6.45) is 1.66. The average molecular weight is 504 g/mol. The van der Waals surface area contributed by atoms with E-state index in [2.05, 4.69) is 4.90 Å². The molecule has 1 amide bonds. The summed E-state index contributed by atoms with van der Waals surface area (Å²) in [4.78, 5) is 17.6. The maximum atomic E-state index is 14.3. The number of anilines is 1. The van der Waals surface area contributed by atoms with Crippen LogP contribution in [0.1, 0.15) is 34.3 Å². The molecule has 0 atom stereocenters. The lowest BCUT2D eigenvalue weighted by Crippen LogP contribution is -2.45. The van der Waals surface area contributed by atoms with Gasteiger partial charge in [-0.15, -0.1) is 0 Å². The minimum atomic E-state index is -0.279. The summed E-state index contributed by atoms with van der Waals surface area (Å²) in [6, 6.07) is 17.5. The van der Waals surface area contributed by atoms with Gasteiger partial charge in [-0.3, -0.25) is 9.69 Å². The molecule has 3 nitrogen and oxygen atoms in total. The second-order valence-electron chi connectivity index (χ2n) is 8.84. The third-order valence-electron chi connectivity index (χ3n) is 6.83. The summed E-state index contributed by atoms with van der Waals surface area (Å²) in [6.45, 7) is 2.97. The third kappa shape index (κ3) is 4.26. The molecule has 1 fully saturated rings. The van der Waals surface area contributed by atoms with Gasteiger partial charge in [0, 0.05) is 24.2 Å². The molecule has 0 aromatic heterocycles. The van der Waals surface area contributed by atoms with Gasteiger partial charge >= 0.3 is 0 Å². The molecule has 170 valence electrons. The van der Waals surface area contributed by atoms with Gasteiger partial charge in [0.05, 0.1) is 20.6 Å². The molecule has 3 aromatic rings. The molecule has 1 saturated heterocycles. The van der Waals surface area contributed by atoms with Crippen molar-refractivity contribution in [3.8, 4) is 0 Å². The van der Waals surface area contributed by atoms with Crippen LogP contribution in [0.4, 0.5) is 10.1 Å². The quantitative estimate of drug-likeness (QED) is 0.385. The number of carbonyl (C=O) groups is 1. The van der Waals surface area contributed by atoms with Crippen molar-refractivity contribution < 1.29 is 9.18 Å². The van der Waals surface area contributed by atoms with Gasteiger partial charge in [0.2, 0.25) is 0 Å². The molecule has 33 heavy (non-hydrogen) atoms. The molecule has 2 heterocycles. The second-order valence-corrected chi connectivity index (χ2v) is 10.1. The Bertz CT molecular complexity index is 1220. The van der Waals surface area contributed by atoms with Gasteiger partial charge in [0.25, 0.3) is 5.91 Å². The van der Waals surface area contributed by atoms with Crippen LogP contribution in [0.2, 0.25) is 15.1 Å². The van der Waals surface area contributed by atoms with Crippen LogP contribution in [-0.2, 0) is 12.0 Å². The van der Waals surface area contributed by atoms with E-state index in [0.29, 0.717) is 27.2 Å². The Hall–Kier alpha value is -2.11. The van der Waals surface area contributed by atoms with Crippen molar-refractivity contribution in [2.45, 2.75) is 24.8 Å². The topological polar surface area (TPSA) is 23.6 Å². The van der Waals surface area contributed by atoms with E-state index < -0.39 is 0 Å². The fourth-order valence-corrected chi connectivity index (χ4v) is 5.60. The van der Waals surface area contributed by atoms with Crippen LogP contribution < -0.4 is 4.90 Å². The highest BCUT2D eigenvalue weighted by molar-refractivity contribution is 6.42. The van der Waals surface area contributed by atoms with E-state index in [9.17, 15) is 9.18 Å². The lowest BCUT2D eigenvalue weighted by Gasteiger charge is -2.40. The largest absolute Gasteiger partial charge is 0.307 e. The van der Waals surface area contributed by atoms with Crippen molar-refractivity contribution in [1.29, 1.82) is 0 Å². The van der Waals surface area contributed by atoms with Crippen LogP contribution in [0.15, 0.2) is 60.7 Å². The number of piperidine rings is 1. The molecule has 0 bridgehead atoms. The Kier molecular flexibility index (Phi) is 6.13. The first-order chi connectivity index (χ1) is 15.9. The Morgan fingerprint density at radius 2 is 1.67 bits per heavy atom. The summed E-state index contributed by atoms with van der Waals surface area (Å²) < 4.78 is 14.3.